The van der Waals surface area contributed by atoms with Crippen LogP contribution in [0.25, 0.3) is 0 Å². The lowest BCUT2D eigenvalue weighted by Crippen LogP contribution is -2.55. The van der Waals surface area contributed by atoms with Crippen molar-refractivity contribution in [3.63, 3.8) is 0 Å². The number of carboxylic acids is 1. The van der Waals surface area contributed by atoms with E-state index in [2.05, 4.69) is 0 Å². The molecule has 2 aromatic carbocycles. The normalized spacial score (nSPS) is 17.6. The molecular formula is C25H30FNO5. The lowest BCUT2D eigenvalue weighted by Gasteiger charge is -2.40. The van der Waals surface area contributed by atoms with Gasteiger partial charge in [-0.25, -0.2) is 0 Å². The first-order valence-corrected chi connectivity index (χ1v) is 11.0. The molecule has 1 atom stereocenters. The standard InChI is InChI=1S/C25H30FNO5/c1-25(14-17-31-21-12-6-4-10-19(21)18-23(28)29)24(30)27(16-9-3-2-8-15-26)20-11-5-7-13-22(20)32-25/h4-7,10-13H,2-3,8-9,14-18H2,1H3,(H,28,29)/t25-/m0/s1. The van der Waals surface area contributed by atoms with Crippen molar-refractivity contribution in [1.29, 1.82) is 0 Å². The third-order valence-corrected chi connectivity index (χ3v) is 5.61. The minimum Gasteiger partial charge on any atom is -0.493 e. The van der Waals surface area contributed by atoms with Crippen LogP contribution in [0.4, 0.5) is 10.1 Å². The summed E-state index contributed by atoms with van der Waals surface area (Å²) in [6.07, 6.45) is 3.17. The Hall–Kier alpha value is -3.09. The molecular weight excluding hydrogens is 413 g/mol. The van der Waals surface area contributed by atoms with E-state index in [9.17, 15) is 14.0 Å². The Kier molecular flexibility index (Phi) is 8.09. The van der Waals surface area contributed by atoms with Gasteiger partial charge in [0.25, 0.3) is 5.91 Å². The van der Waals surface area contributed by atoms with E-state index < -0.39 is 11.6 Å². The van der Waals surface area contributed by atoms with Crippen LogP contribution < -0.4 is 14.4 Å². The smallest absolute Gasteiger partial charge is 0.307 e. The van der Waals surface area contributed by atoms with Crippen molar-refractivity contribution < 1.29 is 28.6 Å². The van der Waals surface area contributed by atoms with Gasteiger partial charge >= 0.3 is 5.97 Å². The number of carbonyl (C=O) groups excluding carboxylic acids is 1. The number of benzene rings is 2. The van der Waals surface area contributed by atoms with Crippen molar-refractivity contribution >= 4 is 17.6 Å². The number of amides is 1. The van der Waals surface area contributed by atoms with Crippen molar-refractivity contribution in [2.24, 2.45) is 0 Å². The fourth-order valence-electron chi connectivity index (χ4n) is 3.85. The molecule has 32 heavy (non-hydrogen) atoms. The Balaban J connectivity index is 1.68. The number of hydrogen-bond donors (Lipinski definition) is 1. The number of ether oxygens (including phenoxy) is 2. The molecule has 0 radical (unpaired) electrons. The van der Waals surface area contributed by atoms with Gasteiger partial charge in [-0.2, -0.15) is 0 Å². The highest BCUT2D eigenvalue weighted by Gasteiger charge is 2.44. The summed E-state index contributed by atoms with van der Waals surface area (Å²) in [5, 5.41) is 9.09. The van der Waals surface area contributed by atoms with Gasteiger partial charge < -0.3 is 19.5 Å². The molecule has 0 saturated heterocycles. The molecule has 0 aromatic heterocycles. The monoisotopic (exact) mass is 443 g/mol. The topological polar surface area (TPSA) is 76.1 Å². The molecule has 0 spiro atoms. The van der Waals surface area contributed by atoms with Crippen molar-refractivity contribution in [2.75, 3.05) is 24.7 Å². The van der Waals surface area contributed by atoms with Crippen LogP contribution in [0.15, 0.2) is 48.5 Å². The summed E-state index contributed by atoms with van der Waals surface area (Å²) in [7, 11) is 0. The van der Waals surface area contributed by atoms with Gasteiger partial charge in [-0.05, 0) is 38.0 Å². The van der Waals surface area contributed by atoms with Crippen LogP contribution in [0.5, 0.6) is 11.5 Å². The number of unbranched alkanes of at least 4 members (excludes halogenated alkanes) is 3. The maximum atomic E-state index is 13.4. The van der Waals surface area contributed by atoms with E-state index in [-0.39, 0.29) is 25.6 Å². The first kappa shape index (κ1) is 23.6. The van der Waals surface area contributed by atoms with E-state index >= 15 is 0 Å². The summed E-state index contributed by atoms with van der Waals surface area (Å²) in [6.45, 7) is 2.19. The summed E-state index contributed by atoms with van der Waals surface area (Å²) in [5.74, 6) is 0.0678. The van der Waals surface area contributed by atoms with Crippen LogP contribution >= 0.6 is 0 Å². The van der Waals surface area contributed by atoms with Gasteiger partial charge in [0.1, 0.15) is 11.5 Å². The second kappa shape index (κ2) is 11.0. The molecule has 1 heterocycles. The van der Waals surface area contributed by atoms with E-state index in [4.69, 9.17) is 14.6 Å². The Bertz CT molecular complexity index is 934. The van der Waals surface area contributed by atoms with Gasteiger partial charge in [-0.1, -0.05) is 43.2 Å². The fourth-order valence-corrected chi connectivity index (χ4v) is 3.85. The van der Waals surface area contributed by atoms with Crippen molar-refractivity contribution in [2.45, 2.75) is 51.0 Å². The highest BCUT2D eigenvalue weighted by molar-refractivity contribution is 6.02. The van der Waals surface area contributed by atoms with Crippen LogP contribution in [0.1, 0.15) is 44.6 Å². The van der Waals surface area contributed by atoms with Crippen molar-refractivity contribution in [3.8, 4) is 11.5 Å². The van der Waals surface area contributed by atoms with Crippen LogP contribution in [0, 0.1) is 0 Å². The van der Waals surface area contributed by atoms with Crippen LogP contribution in [-0.4, -0.2) is 42.4 Å². The molecule has 0 aliphatic carbocycles. The Morgan fingerprint density at radius 3 is 2.59 bits per heavy atom. The Morgan fingerprint density at radius 1 is 1.09 bits per heavy atom. The molecule has 2 aromatic rings. The number of halogens is 1. The predicted molar refractivity (Wildman–Crippen MR) is 120 cm³/mol. The predicted octanol–water partition coefficient (Wildman–Crippen LogP) is 4.80. The lowest BCUT2D eigenvalue weighted by atomic mass is 9.97. The lowest BCUT2D eigenvalue weighted by molar-refractivity contribution is -0.136. The highest BCUT2D eigenvalue weighted by atomic mass is 19.1. The molecule has 172 valence electrons. The number of alkyl halides is 1. The molecule has 1 N–H and O–H groups in total. The number of rotatable bonds is 12. The van der Waals surface area contributed by atoms with Gasteiger partial charge in [0, 0.05) is 18.5 Å². The summed E-state index contributed by atoms with van der Waals surface area (Å²) in [4.78, 5) is 26.2. The van der Waals surface area contributed by atoms with E-state index in [0.29, 0.717) is 36.4 Å². The van der Waals surface area contributed by atoms with E-state index in [1.54, 1.807) is 36.1 Å². The second-order valence-electron chi connectivity index (χ2n) is 8.14. The highest BCUT2D eigenvalue weighted by Crippen LogP contribution is 2.39. The number of hydrogen-bond acceptors (Lipinski definition) is 4. The maximum absolute atomic E-state index is 13.4. The van der Waals surface area contributed by atoms with E-state index in [0.717, 1.165) is 24.9 Å². The molecule has 1 aliphatic heterocycles. The van der Waals surface area contributed by atoms with E-state index in [1.165, 1.54) is 0 Å². The van der Waals surface area contributed by atoms with Gasteiger partial charge in [0.15, 0.2) is 5.60 Å². The van der Waals surface area contributed by atoms with Crippen molar-refractivity contribution in [1.82, 2.24) is 0 Å². The molecule has 3 rings (SSSR count). The molecule has 0 fully saturated rings. The second-order valence-corrected chi connectivity index (χ2v) is 8.14. The number of carboxylic acid groups (broad SMARTS) is 1. The first-order valence-electron chi connectivity index (χ1n) is 11.0. The zero-order valence-corrected chi connectivity index (χ0v) is 18.4. The average molecular weight is 444 g/mol. The fraction of sp³-hybridized carbons (Fsp3) is 0.440. The van der Waals surface area contributed by atoms with Crippen molar-refractivity contribution in [3.05, 3.63) is 54.1 Å². The summed E-state index contributed by atoms with van der Waals surface area (Å²) >= 11 is 0. The minimum absolute atomic E-state index is 0.133. The molecule has 0 bridgehead atoms. The molecule has 7 heteroatoms. The first-order chi connectivity index (χ1) is 15.4. The zero-order chi connectivity index (χ0) is 23.0. The number of aliphatic carboxylic acids is 1. The van der Waals surface area contributed by atoms with Gasteiger partial charge in [-0.3, -0.25) is 14.0 Å². The Labute approximate surface area is 187 Å². The molecule has 6 nitrogen and oxygen atoms in total. The summed E-state index contributed by atoms with van der Waals surface area (Å²) < 4.78 is 24.3. The third-order valence-electron chi connectivity index (χ3n) is 5.61. The average Bonchev–Trinajstić information content (AvgIpc) is 2.77. The number of anilines is 1. The maximum Gasteiger partial charge on any atom is 0.307 e. The molecule has 1 amide bonds. The summed E-state index contributed by atoms with van der Waals surface area (Å²) in [6, 6.07) is 14.4. The number of carbonyl (C=O) groups is 2. The number of nitrogens with zero attached hydrogens (tertiary/aromatic N) is 1. The largest absolute Gasteiger partial charge is 0.493 e. The molecule has 0 saturated carbocycles. The number of para-hydroxylation sites is 3. The van der Waals surface area contributed by atoms with Crippen LogP contribution in [0.2, 0.25) is 0 Å². The summed E-state index contributed by atoms with van der Waals surface area (Å²) in [5.41, 5.74) is 0.226. The third kappa shape index (κ3) is 5.78. The quantitative estimate of drug-likeness (QED) is 0.477. The Morgan fingerprint density at radius 2 is 1.81 bits per heavy atom. The van der Waals surface area contributed by atoms with Gasteiger partial charge in [-0.15, -0.1) is 0 Å². The SMILES string of the molecule is C[C@@]1(CCOc2ccccc2CC(=O)O)Oc2ccccc2N(CCCCCCF)C1=O. The van der Waals surface area contributed by atoms with Gasteiger partial charge in [0.2, 0.25) is 0 Å². The molecule has 1 aliphatic rings. The van der Waals surface area contributed by atoms with Crippen LogP contribution in [-0.2, 0) is 16.0 Å². The minimum atomic E-state index is -1.10. The van der Waals surface area contributed by atoms with Gasteiger partial charge in [0.05, 0.1) is 25.4 Å². The van der Waals surface area contributed by atoms with E-state index in [1.807, 2.05) is 24.3 Å². The van der Waals surface area contributed by atoms with Crippen LogP contribution in [0.3, 0.4) is 0 Å². The molecule has 0 unspecified atom stereocenters. The number of fused-ring (bicyclic) bond motifs is 1. The zero-order valence-electron chi connectivity index (χ0n) is 18.4.